The van der Waals surface area contributed by atoms with E-state index >= 15 is 0 Å². The Morgan fingerprint density at radius 1 is 1.05 bits per heavy atom. The summed E-state index contributed by atoms with van der Waals surface area (Å²) in [6.07, 6.45) is 5.43. The summed E-state index contributed by atoms with van der Waals surface area (Å²) in [5.74, 6) is 0. The molecule has 0 aliphatic carbocycles. The Labute approximate surface area is 122 Å². The van der Waals surface area contributed by atoms with Crippen LogP contribution >= 0.6 is 0 Å². The van der Waals surface area contributed by atoms with Crippen LogP contribution in [0.15, 0.2) is 61.2 Å². The van der Waals surface area contributed by atoms with Gasteiger partial charge in [-0.15, -0.1) is 0 Å². The van der Waals surface area contributed by atoms with Crippen molar-refractivity contribution in [1.82, 2.24) is 0 Å². The van der Waals surface area contributed by atoms with Crippen LogP contribution < -0.4 is 0 Å². The molecule has 1 aromatic rings. The van der Waals surface area contributed by atoms with Crippen LogP contribution in [0.5, 0.6) is 0 Å². The highest BCUT2D eigenvalue weighted by Crippen LogP contribution is 2.24. The van der Waals surface area contributed by atoms with Crippen LogP contribution in [0.4, 0.5) is 4.39 Å². The topological polar surface area (TPSA) is 0 Å². The molecule has 0 aromatic heterocycles. The van der Waals surface area contributed by atoms with E-state index in [1.807, 2.05) is 44.2 Å². The summed E-state index contributed by atoms with van der Waals surface area (Å²) < 4.78 is 13.9. The average Bonchev–Trinajstić information content (AvgIpc) is 2.37. The van der Waals surface area contributed by atoms with E-state index in [4.69, 9.17) is 0 Å². The van der Waals surface area contributed by atoms with Crippen molar-refractivity contribution in [2.45, 2.75) is 33.4 Å². The second-order valence-electron chi connectivity index (χ2n) is 5.43. The van der Waals surface area contributed by atoms with Crippen molar-refractivity contribution < 1.29 is 4.39 Å². The highest BCUT2D eigenvalue weighted by atomic mass is 19.1. The Kier molecular flexibility index (Phi) is 5.26. The van der Waals surface area contributed by atoms with Gasteiger partial charge in [0.05, 0.1) is 0 Å². The van der Waals surface area contributed by atoms with Gasteiger partial charge in [-0.1, -0.05) is 61.2 Å². The summed E-state index contributed by atoms with van der Waals surface area (Å²) in [6, 6.07) is 8.05. The van der Waals surface area contributed by atoms with Gasteiger partial charge in [0.15, 0.2) is 0 Å². The van der Waals surface area contributed by atoms with Gasteiger partial charge in [-0.25, -0.2) is 4.39 Å². The summed E-state index contributed by atoms with van der Waals surface area (Å²) in [6.45, 7) is 14.9. The van der Waals surface area contributed by atoms with Crippen LogP contribution in [0, 0.1) is 0 Å². The number of hydrogen-bond acceptors (Lipinski definition) is 0. The van der Waals surface area contributed by atoms with E-state index in [9.17, 15) is 4.39 Å². The molecule has 0 unspecified atom stereocenters. The largest absolute Gasteiger partial charge is 0.239 e. The molecule has 0 radical (unpaired) electrons. The average molecular weight is 270 g/mol. The third-order valence-corrected chi connectivity index (χ3v) is 3.21. The SMILES string of the molecule is C=C(C)c1ccc(C(=C)/C=C\C(=C/C)C(C)(C)F)cc1. The summed E-state index contributed by atoms with van der Waals surface area (Å²) in [7, 11) is 0. The molecule has 0 fully saturated rings. The van der Waals surface area contributed by atoms with E-state index in [0.29, 0.717) is 5.57 Å². The molecule has 0 heterocycles. The first-order chi connectivity index (χ1) is 9.25. The maximum absolute atomic E-state index is 13.9. The predicted octanol–water partition coefficient (Wildman–Crippen LogP) is 5.98. The normalized spacial score (nSPS) is 12.8. The Balaban J connectivity index is 2.89. The zero-order chi connectivity index (χ0) is 15.3. The van der Waals surface area contributed by atoms with Gasteiger partial charge in [0, 0.05) is 0 Å². The van der Waals surface area contributed by atoms with Crippen molar-refractivity contribution in [1.29, 1.82) is 0 Å². The molecule has 0 aliphatic heterocycles. The smallest absolute Gasteiger partial charge is 0.130 e. The van der Waals surface area contributed by atoms with Crippen LogP contribution in [0.25, 0.3) is 11.1 Å². The van der Waals surface area contributed by atoms with Crippen molar-refractivity contribution >= 4 is 11.1 Å². The van der Waals surface area contributed by atoms with Crippen molar-refractivity contribution in [2.24, 2.45) is 0 Å². The molecule has 20 heavy (non-hydrogen) atoms. The Hall–Kier alpha value is -1.89. The van der Waals surface area contributed by atoms with E-state index in [0.717, 1.165) is 22.3 Å². The molecule has 0 amide bonds. The summed E-state index contributed by atoms with van der Waals surface area (Å²) in [5.41, 5.74) is 3.35. The second kappa shape index (κ2) is 6.51. The Bertz CT molecular complexity index is 548. The number of allylic oxidation sites excluding steroid dienone is 6. The summed E-state index contributed by atoms with van der Waals surface area (Å²) >= 11 is 0. The molecule has 0 aliphatic rings. The predicted molar refractivity (Wildman–Crippen MR) is 88.3 cm³/mol. The molecular weight excluding hydrogens is 247 g/mol. The number of halogens is 1. The molecule has 0 saturated heterocycles. The quantitative estimate of drug-likeness (QED) is 0.577. The first kappa shape index (κ1) is 16.2. The third-order valence-electron chi connectivity index (χ3n) is 3.21. The van der Waals surface area contributed by atoms with Gasteiger partial charge in [-0.3, -0.25) is 0 Å². The fourth-order valence-corrected chi connectivity index (χ4v) is 1.89. The van der Waals surface area contributed by atoms with Gasteiger partial charge in [0.25, 0.3) is 0 Å². The number of benzene rings is 1. The van der Waals surface area contributed by atoms with E-state index in [1.165, 1.54) is 0 Å². The van der Waals surface area contributed by atoms with Gasteiger partial charge >= 0.3 is 0 Å². The summed E-state index contributed by atoms with van der Waals surface area (Å²) in [5, 5.41) is 0. The first-order valence-electron chi connectivity index (χ1n) is 6.74. The fraction of sp³-hybridized carbons (Fsp3) is 0.263. The van der Waals surface area contributed by atoms with E-state index in [1.54, 1.807) is 26.0 Å². The van der Waals surface area contributed by atoms with Crippen molar-refractivity contribution in [3.63, 3.8) is 0 Å². The van der Waals surface area contributed by atoms with Gasteiger partial charge in [0.2, 0.25) is 0 Å². The third kappa shape index (κ3) is 4.34. The molecule has 1 aromatic carbocycles. The van der Waals surface area contributed by atoms with Crippen LogP contribution in [0.1, 0.15) is 38.8 Å². The molecule has 0 atom stereocenters. The lowest BCUT2D eigenvalue weighted by atomic mass is 9.97. The number of rotatable bonds is 5. The number of alkyl halides is 1. The molecule has 0 bridgehead atoms. The molecular formula is C19H23F. The molecule has 1 heteroatoms. The van der Waals surface area contributed by atoms with Crippen LogP contribution in [-0.2, 0) is 0 Å². The van der Waals surface area contributed by atoms with Gasteiger partial charge in [-0.05, 0) is 50.0 Å². The summed E-state index contributed by atoms with van der Waals surface area (Å²) in [4.78, 5) is 0. The minimum atomic E-state index is -1.34. The van der Waals surface area contributed by atoms with Crippen LogP contribution in [0.3, 0.4) is 0 Å². The monoisotopic (exact) mass is 270 g/mol. The van der Waals surface area contributed by atoms with E-state index in [-0.39, 0.29) is 0 Å². The zero-order valence-corrected chi connectivity index (χ0v) is 12.8. The lowest BCUT2D eigenvalue weighted by Crippen LogP contribution is -2.13. The van der Waals surface area contributed by atoms with Crippen LogP contribution in [-0.4, -0.2) is 5.67 Å². The molecule has 0 saturated carbocycles. The maximum atomic E-state index is 13.9. The second-order valence-corrected chi connectivity index (χ2v) is 5.43. The number of hydrogen-bond donors (Lipinski definition) is 0. The van der Waals surface area contributed by atoms with Crippen LogP contribution in [0.2, 0.25) is 0 Å². The van der Waals surface area contributed by atoms with E-state index < -0.39 is 5.67 Å². The molecule has 0 spiro atoms. The van der Waals surface area contributed by atoms with Gasteiger partial charge in [-0.2, -0.15) is 0 Å². The Morgan fingerprint density at radius 2 is 1.55 bits per heavy atom. The van der Waals surface area contributed by atoms with Crippen molar-refractivity contribution in [3.8, 4) is 0 Å². The lowest BCUT2D eigenvalue weighted by Gasteiger charge is -2.15. The highest BCUT2D eigenvalue weighted by Gasteiger charge is 2.18. The minimum absolute atomic E-state index is 0.650. The van der Waals surface area contributed by atoms with Crippen molar-refractivity contribution in [3.05, 3.63) is 72.4 Å². The first-order valence-corrected chi connectivity index (χ1v) is 6.74. The minimum Gasteiger partial charge on any atom is -0.239 e. The fourth-order valence-electron chi connectivity index (χ4n) is 1.89. The molecule has 0 N–H and O–H groups in total. The molecule has 1 rings (SSSR count). The van der Waals surface area contributed by atoms with Gasteiger partial charge < -0.3 is 0 Å². The maximum Gasteiger partial charge on any atom is 0.130 e. The lowest BCUT2D eigenvalue weighted by molar-refractivity contribution is 0.274. The standard InChI is InChI=1S/C19H23F/c1-7-18(19(5,6)20)13-8-15(4)17-11-9-16(10-12-17)14(2)3/h7-13H,2,4H2,1,3,5-6H3/b13-8-,18-7+. The molecule has 106 valence electrons. The molecule has 0 nitrogen and oxygen atoms in total. The van der Waals surface area contributed by atoms with Gasteiger partial charge in [0.1, 0.15) is 5.67 Å². The Morgan fingerprint density at radius 3 is 1.95 bits per heavy atom. The van der Waals surface area contributed by atoms with E-state index in [2.05, 4.69) is 13.2 Å². The highest BCUT2D eigenvalue weighted by molar-refractivity contribution is 5.74. The van der Waals surface area contributed by atoms with Crippen molar-refractivity contribution in [2.75, 3.05) is 0 Å². The zero-order valence-electron chi connectivity index (χ0n) is 12.8.